The second-order valence-electron chi connectivity index (χ2n) is 2.12. The summed E-state index contributed by atoms with van der Waals surface area (Å²) in [4.78, 5) is 8.77. The Morgan fingerprint density at radius 1 is 1.58 bits per heavy atom. The predicted octanol–water partition coefficient (Wildman–Crippen LogP) is 2.44. The summed E-state index contributed by atoms with van der Waals surface area (Å²) < 4.78 is 0. The maximum absolute atomic E-state index is 3.94. The lowest BCUT2D eigenvalue weighted by Gasteiger charge is -2.00. The number of thioether (sulfide) groups is 1. The molecule has 2 nitrogen and oxygen atoms in total. The second kappa shape index (κ2) is 4.72. The van der Waals surface area contributed by atoms with Gasteiger partial charge in [0.2, 0.25) is 0 Å². The molecule has 12 heavy (non-hydrogen) atoms. The maximum atomic E-state index is 3.94. The summed E-state index contributed by atoms with van der Waals surface area (Å²) in [6, 6.07) is 3.90. The van der Waals surface area contributed by atoms with Gasteiger partial charge in [0.1, 0.15) is 0 Å². The van der Waals surface area contributed by atoms with Crippen molar-refractivity contribution in [3.8, 4) is 0 Å². The summed E-state index contributed by atoms with van der Waals surface area (Å²) in [7, 11) is 0. The molecule has 0 spiro atoms. The lowest BCUT2D eigenvalue weighted by Crippen LogP contribution is -1.78. The third-order valence-corrected chi connectivity index (χ3v) is 2.17. The molecule has 0 saturated carbocycles. The highest BCUT2D eigenvalue weighted by Gasteiger charge is 1.96. The van der Waals surface area contributed by atoms with Crippen molar-refractivity contribution in [1.82, 2.24) is 4.98 Å². The Labute approximate surface area is 76.4 Å². The van der Waals surface area contributed by atoms with Crippen LogP contribution in [0.4, 0.5) is 0 Å². The molecule has 0 atom stereocenters. The van der Waals surface area contributed by atoms with Gasteiger partial charge < -0.3 is 0 Å². The first-order valence-electron chi connectivity index (χ1n) is 3.49. The molecule has 0 unspecified atom stereocenters. The highest BCUT2D eigenvalue weighted by Crippen LogP contribution is 2.23. The summed E-state index contributed by atoms with van der Waals surface area (Å²) in [5.74, 6) is 0. The van der Waals surface area contributed by atoms with Gasteiger partial charge in [0, 0.05) is 23.5 Å². The van der Waals surface area contributed by atoms with Crippen LogP contribution in [0.1, 0.15) is 5.56 Å². The third-order valence-electron chi connectivity index (χ3n) is 1.39. The number of hydrogen-bond acceptors (Lipinski definition) is 3. The Balaban J connectivity index is 2.95. The van der Waals surface area contributed by atoms with Crippen molar-refractivity contribution in [2.24, 2.45) is 4.99 Å². The van der Waals surface area contributed by atoms with Crippen molar-refractivity contribution < 1.29 is 0 Å². The number of hydrogen-bond donors (Lipinski definition) is 0. The number of aliphatic imine (C=N–C) groups is 1. The predicted molar refractivity (Wildman–Crippen MR) is 55.3 cm³/mol. The zero-order valence-electron chi connectivity index (χ0n) is 6.90. The molecule has 1 aromatic heterocycles. The van der Waals surface area contributed by atoms with Crippen LogP contribution in [0.3, 0.4) is 0 Å². The van der Waals surface area contributed by atoms with E-state index < -0.39 is 0 Å². The van der Waals surface area contributed by atoms with E-state index in [-0.39, 0.29) is 0 Å². The lowest BCUT2D eigenvalue weighted by molar-refractivity contribution is 1.32. The van der Waals surface area contributed by atoms with E-state index in [2.05, 4.69) is 16.7 Å². The third kappa shape index (κ3) is 2.20. The molecule has 0 N–H and O–H groups in total. The van der Waals surface area contributed by atoms with Gasteiger partial charge in [-0.05, 0) is 30.7 Å². The Bertz CT molecular complexity index is 280. The van der Waals surface area contributed by atoms with E-state index in [9.17, 15) is 0 Å². The molecule has 0 saturated heterocycles. The molecule has 0 bridgehead atoms. The Morgan fingerprint density at radius 3 is 2.75 bits per heavy atom. The zero-order valence-corrected chi connectivity index (χ0v) is 7.71. The van der Waals surface area contributed by atoms with E-state index in [0.717, 1.165) is 10.5 Å². The average Bonchev–Trinajstić information content (AvgIpc) is 2.15. The first-order chi connectivity index (χ1) is 5.88. The van der Waals surface area contributed by atoms with Crippen LogP contribution in [0.2, 0.25) is 0 Å². The number of rotatable bonds is 3. The molecule has 0 aliphatic heterocycles. The van der Waals surface area contributed by atoms with Gasteiger partial charge in [-0.1, -0.05) is 0 Å². The largest absolute Gasteiger partial charge is 0.271 e. The lowest BCUT2D eigenvalue weighted by atomic mass is 10.3. The van der Waals surface area contributed by atoms with Crippen LogP contribution in [0.5, 0.6) is 0 Å². The fraction of sp³-hybridized carbons (Fsp3) is 0.111. The van der Waals surface area contributed by atoms with Crippen molar-refractivity contribution in [1.29, 1.82) is 0 Å². The van der Waals surface area contributed by atoms with E-state index in [1.54, 1.807) is 30.4 Å². The molecule has 0 aliphatic carbocycles. The fourth-order valence-corrected chi connectivity index (χ4v) is 1.40. The van der Waals surface area contributed by atoms with E-state index in [1.165, 1.54) is 0 Å². The fourth-order valence-electron chi connectivity index (χ4n) is 0.844. The molecule has 0 aromatic carbocycles. The van der Waals surface area contributed by atoms with Crippen LogP contribution >= 0.6 is 11.8 Å². The van der Waals surface area contributed by atoms with Gasteiger partial charge >= 0.3 is 0 Å². The zero-order chi connectivity index (χ0) is 8.81. The van der Waals surface area contributed by atoms with Gasteiger partial charge in [0.05, 0.1) is 0 Å². The van der Waals surface area contributed by atoms with Crippen LogP contribution in [0.25, 0.3) is 4.91 Å². The first kappa shape index (κ1) is 9.00. The van der Waals surface area contributed by atoms with Crippen molar-refractivity contribution in [3.05, 3.63) is 36.3 Å². The summed E-state index contributed by atoms with van der Waals surface area (Å²) in [5, 5.41) is 0. The van der Waals surface area contributed by atoms with Crippen LogP contribution in [-0.4, -0.2) is 18.0 Å². The van der Waals surface area contributed by atoms with Crippen molar-refractivity contribution in [2.45, 2.75) is 0 Å². The molecule has 0 amide bonds. The summed E-state index contributed by atoms with van der Waals surface area (Å²) >= 11 is 1.65. The topological polar surface area (TPSA) is 25.2 Å². The van der Waals surface area contributed by atoms with Crippen LogP contribution in [-0.2, 0) is 0 Å². The van der Waals surface area contributed by atoms with Gasteiger partial charge in [-0.25, -0.2) is 0 Å². The Morgan fingerprint density at radius 2 is 2.25 bits per heavy atom. The summed E-state index contributed by atoms with van der Waals surface area (Å²) in [6.07, 6.45) is 7.29. The molecule has 62 valence electrons. The second-order valence-corrected chi connectivity index (χ2v) is 2.96. The minimum atomic E-state index is 1.10. The minimum Gasteiger partial charge on any atom is -0.271 e. The highest BCUT2D eigenvalue weighted by molar-refractivity contribution is 8.07. The molecule has 1 heterocycles. The molecule has 0 fully saturated rings. The first-order valence-corrected chi connectivity index (χ1v) is 4.71. The smallest absolute Gasteiger partial charge is 0.0402 e. The maximum Gasteiger partial charge on any atom is 0.0402 e. The molecule has 0 aliphatic rings. The quantitative estimate of drug-likeness (QED) is 0.664. The van der Waals surface area contributed by atoms with Crippen LogP contribution in [0.15, 0.2) is 35.7 Å². The summed E-state index contributed by atoms with van der Waals surface area (Å²) in [5.41, 5.74) is 1.13. The molecular weight excluding hydrogens is 168 g/mol. The number of pyridine rings is 1. The molecule has 1 aromatic rings. The Hall–Kier alpha value is -1.09. The molecule has 0 radical (unpaired) electrons. The standard InChI is InChI=1S/C9H10N2S/c1-10-7-9(12-2)8-3-5-11-6-4-8/h3-7H,1H2,2H3/b9-7-. The van der Waals surface area contributed by atoms with Crippen molar-refractivity contribution in [2.75, 3.05) is 6.26 Å². The summed E-state index contributed by atoms with van der Waals surface area (Å²) in [6.45, 7) is 3.42. The van der Waals surface area contributed by atoms with Gasteiger partial charge in [0.25, 0.3) is 0 Å². The van der Waals surface area contributed by atoms with Crippen molar-refractivity contribution in [3.63, 3.8) is 0 Å². The Kier molecular flexibility index (Phi) is 3.54. The van der Waals surface area contributed by atoms with Gasteiger partial charge in [0.15, 0.2) is 0 Å². The molecule has 1 rings (SSSR count). The average molecular weight is 178 g/mol. The van der Waals surface area contributed by atoms with E-state index >= 15 is 0 Å². The molecular formula is C9H10N2S. The van der Waals surface area contributed by atoms with E-state index in [0.29, 0.717) is 0 Å². The normalized spacial score (nSPS) is 11.2. The number of nitrogens with zero attached hydrogens (tertiary/aromatic N) is 2. The SMILES string of the molecule is C=N/C=C(\SC)c1ccncc1. The van der Waals surface area contributed by atoms with Gasteiger partial charge in [-0.15, -0.1) is 11.8 Å². The molecule has 3 heteroatoms. The van der Waals surface area contributed by atoms with Gasteiger partial charge in [-0.3, -0.25) is 9.98 Å². The highest BCUT2D eigenvalue weighted by atomic mass is 32.2. The number of aromatic nitrogens is 1. The van der Waals surface area contributed by atoms with Gasteiger partial charge in [-0.2, -0.15) is 0 Å². The monoisotopic (exact) mass is 178 g/mol. The van der Waals surface area contributed by atoms with Crippen LogP contribution in [0, 0.1) is 0 Å². The minimum absolute atomic E-state index is 1.10. The van der Waals surface area contributed by atoms with Crippen LogP contribution < -0.4 is 0 Å². The van der Waals surface area contributed by atoms with Crippen molar-refractivity contribution >= 4 is 23.4 Å². The van der Waals surface area contributed by atoms with E-state index in [1.807, 2.05) is 18.4 Å². The van der Waals surface area contributed by atoms with E-state index in [4.69, 9.17) is 0 Å².